The molecule has 0 atom stereocenters. The van der Waals surface area contributed by atoms with E-state index >= 15 is 0 Å². The maximum Gasteiger partial charge on any atom is 0.384 e. The molecule has 4 rings (SSSR count). The van der Waals surface area contributed by atoms with Crippen LogP contribution in [0.1, 0.15) is 17.0 Å². The van der Waals surface area contributed by atoms with Crippen LogP contribution in [0.15, 0.2) is 46.9 Å². The molecule has 0 aliphatic carbocycles. The van der Waals surface area contributed by atoms with E-state index in [1.807, 2.05) is 30.3 Å². The number of halogens is 1. The Labute approximate surface area is 178 Å². The Morgan fingerprint density at radius 1 is 1.07 bits per heavy atom. The Hall–Kier alpha value is -2.51. The molecule has 0 spiro atoms. The fourth-order valence-electron chi connectivity index (χ4n) is 2.99. The van der Waals surface area contributed by atoms with Gasteiger partial charge in [0.25, 0.3) is 0 Å². The molecule has 1 aromatic heterocycles. The smallest absolute Gasteiger partial charge is 0.384 e. The Kier molecular flexibility index (Phi) is 6.01. The van der Waals surface area contributed by atoms with Gasteiger partial charge in [-0.25, -0.2) is 4.98 Å². The maximum absolute atomic E-state index is 13.0. The van der Waals surface area contributed by atoms with Crippen molar-refractivity contribution in [1.82, 2.24) is 4.98 Å². The highest BCUT2D eigenvalue weighted by Gasteiger charge is 2.34. The lowest BCUT2D eigenvalue weighted by atomic mass is 10.1. The molecule has 0 unspecified atom stereocenters. The van der Waals surface area contributed by atoms with Crippen LogP contribution in [0.2, 0.25) is 5.02 Å². The molecule has 2 aromatic carbocycles. The molecule has 0 bridgehead atoms. The quantitative estimate of drug-likeness (QED) is 0.506. The van der Waals surface area contributed by atoms with Crippen LogP contribution >= 0.6 is 19.2 Å². The molecule has 3 aromatic rings. The number of hydrogen-bond donors (Lipinski definition) is 1. The number of nitrogens with one attached hydrogen (secondary N) is 1. The Balaban J connectivity index is 1.58. The summed E-state index contributed by atoms with van der Waals surface area (Å²) in [6, 6.07) is 12.9. The van der Waals surface area contributed by atoms with Gasteiger partial charge in [-0.2, -0.15) is 0 Å². The number of anilines is 1. The zero-order valence-electron chi connectivity index (χ0n) is 16.4. The first kappa shape index (κ1) is 20.8. The third kappa shape index (κ3) is 4.32. The number of ether oxygens (including phenoxy) is 2. The van der Waals surface area contributed by atoms with Crippen LogP contribution < -0.4 is 20.2 Å². The molecule has 0 amide bonds. The number of aromatic nitrogens is 1. The lowest BCUT2D eigenvalue weighted by Crippen LogP contribution is -2.15. The topological polar surface area (TPSA) is 92.1 Å². The maximum atomic E-state index is 13.0. The first-order valence-corrected chi connectivity index (χ1v) is 11.0. The summed E-state index contributed by atoms with van der Waals surface area (Å²) < 4.78 is 39.8. The monoisotopic (exact) mass is 450 g/mol. The number of fused-ring (bicyclic) bond motifs is 1. The van der Waals surface area contributed by atoms with E-state index in [0.717, 1.165) is 11.1 Å². The van der Waals surface area contributed by atoms with E-state index in [-0.39, 0.29) is 18.1 Å². The molecule has 1 N–H and O–H groups in total. The van der Waals surface area contributed by atoms with Gasteiger partial charge in [-0.3, -0.25) is 4.57 Å². The van der Waals surface area contributed by atoms with Crippen molar-refractivity contribution in [3.8, 4) is 11.5 Å². The fourth-order valence-corrected chi connectivity index (χ4v) is 4.22. The van der Waals surface area contributed by atoms with E-state index in [2.05, 4.69) is 10.3 Å². The summed E-state index contributed by atoms with van der Waals surface area (Å²) in [4.78, 5) is 4.39. The van der Waals surface area contributed by atoms with E-state index in [1.54, 1.807) is 12.1 Å². The van der Waals surface area contributed by atoms with Crippen molar-refractivity contribution >= 4 is 30.5 Å². The lowest BCUT2D eigenvalue weighted by molar-refractivity contribution is 0.174. The van der Waals surface area contributed by atoms with Crippen molar-refractivity contribution < 1.29 is 27.5 Å². The summed E-state index contributed by atoms with van der Waals surface area (Å²) in [5, 5.41) is 3.77. The van der Waals surface area contributed by atoms with E-state index in [0.29, 0.717) is 35.4 Å². The minimum atomic E-state index is -3.63. The van der Waals surface area contributed by atoms with Crippen molar-refractivity contribution in [2.24, 2.45) is 0 Å². The predicted molar refractivity (Wildman–Crippen MR) is 112 cm³/mol. The van der Waals surface area contributed by atoms with Crippen LogP contribution in [-0.2, 0) is 26.6 Å². The SMILES string of the molecule is COP(=O)(OC)c1nc(Cc2ccc(Cl)cc2)oc1NCc1ccc2c(c1)OCO2. The molecule has 0 fully saturated rings. The summed E-state index contributed by atoms with van der Waals surface area (Å²) in [7, 11) is -1.02. The molecule has 0 radical (unpaired) electrons. The van der Waals surface area contributed by atoms with E-state index in [4.69, 9.17) is 34.5 Å². The third-order valence-corrected chi connectivity index (χ3v) is 6.59. The Bertz CT molecular complexity index is 1080. The fraction of sp³-hybridized carbons (Fsp3) is 0.250. The third-order valence-electron chi connectivity index (χ3n) is 4.55. The van der Waals surface area contributed by atoms with Gasteiger partial charge < -0.3 is 28.3 Å². The molecular formula is C20H20ClN2O6P. The number of benzene rings is 2. The first-order valence-electron chi connectivity index (χ1n) is 9.09. The molecular weight excluding hydrogens is 431 g/mol. The highest BCUT2D eigenvalue weighted by molar-refractivity contribution is 7.62. The van der Waals surface area contributed by atoms with Gasteiger partial charge in [0.2, 0.25) is 24.0 Å². The molecule has 158 valence electrons. The second-order valence-corrected chi connectivity index (χ2v) is 9.05. The predicted octanol–water partition coefficient (Wildman–Crippen LogP) is 4.37. The second-order valence-electron chi connectivity index (χ2n) is 6.47. The van der Waals surface area contributed by atoms with Crippen molar-refractivity contribution in [2.75, 3.05) is 26.3 Å². The van der Waals surface area contributed by atoms with Crippen molar-refractivity contribution in [2.45, 2.75) is 13.0 Å². The molecule has 2 heterocycles. The highest BCUT2D eigenvalue weighted by atomic mass is 35.5. The average Bonchev–Trinajstić information content (AvgIpc) is 3.40. The van der Waals surface area contributed by atoms with Gasteiger partial charge in [0, 0.05) is 32.2 Å². The highest BCUT2D eigenvalue weighted by Crippen LogP contribution is 2.47. The van der Waals surface area contributed by atoms with Gasteiger partial charge in [-0.1, -0.05) is 29.8 Å². The molecule has 0 saturated heterocycles. The molecule has 1 aliphatic heterocycles. The second kappa shape index (κ2) is 8.70. The molecule has 8 nitrogen and oxygen atoms in total. The van der Waals surface area contributed by atoms with E-state index < -0.39 is 7.60 Å². The van der Waals surface area contributed by atoms with Crippen molar-refractivity contribution in [3.63, 3.8) is 0 Å². The van der Waals surface area contributed by atoms with Crippen LogP contribution in [0.4, 0.5) is 5.88 Å². The Morgan fingerprint density at radius 2 is 1.77 bits per heavy atom. The van der Waals surface area contributed by atoms with Crippen LogP contribution in [-0.4, -0.2) is 26.0 Å². The van der Waals surface area contributed by atoms with Gasteiger partial charge in [0.15, 0.2) is 11.5 Å². The molecule has 30 heavy (non-hydrogen) atoms. The van der Waals surface area contributed by atoms with Crippen LogP contribution in [0.3, 0.4) is 0 Å². The van der Waals surface area contributed by atoms with Crippen LogP contribution in [0, 0.1) is 0 Å². The van der Waals surface area contributed by atoms with E-state index in [9.17, 15) is 4.57 Å². The number of nitrogens with zero attached hydrogens (tertiary/aromatic N) is 1. The van der Waals surface area contributed by atoms with Gasteiger partial charge in [-0.15, -0.1) is 0 Å². The molecule has 0 saturated carbocycles. The standard InChI is InChI=1S/C20H20ClN2O6P/c1-25-30(24,26-2)20-19(22-11-14-5-8-16-17(9-14)28-12-27-16)29-18(23-20)10-13-3-6-15(21)7-4-13/h3-9,22H,10-12H2,1-2H3. The van der Waals surface area contributed by atoms with Crippen molar-refractivity contribution in [3.05, 3.63) is 64.5 Å². The largest absolute Gasteiger partial charge is 0.454 e. The van der Waals surface area contributed by atoms with Gasteiger partial charge in [0.1, 0.15) is 0 Å². The number of rotatable bonds is 8. The average molecular weight is 451 g/mol. The zero-order chi connectivity index (χ0) is 21.1. The minimum Gasteiger partial charge on any atom is -0.454 e. The molecule has 1 aliphatic rings. The van der Waals surface area contributed by atoms with Gasteiger partial charge in [0.05, 0.1) is 0 Å². The summed E-state index contributed by atoms with van der Waals surface area (Å²) >= 11 is 5.94. The van der Waals surface area contributed by atoms with Crippen LogP contribution in [0.25, 0.3) is 0 Å². The summed E-state index contributed by atoms with van der Waals surface area (Å²) in [6.07, 6.45) is 0.392. The van der Waals surface area contributed by atoms with Gasteiger partial charge in [-0.05, 0) is 35.4 Å². The summed E-state index contributed by atoms with van der Waals surface area (Å²) in [6.45, 7) is 0.587. The summed E-state index contributed by atoms with van der Waals surface area (Å²) in [5.41, 5.74) is 1.96. The van der Waals surface area contributed by atoms with E-state index in [1.165, 1.54) is 14.2 Å². The molecule has 10 heteroatoms. The first-order chi connectivity index (χ1) is 14.5. The zero-order valence-corrected chi connectivity index (χ0v) is 18.0. The lowest BCUT2D eigenvalue weighted by Gasteiger charge is -2.12. The summed E-state index contributed by atoms with van der Waals surface area (Å²) in [5.74, 6) is 1.97. The van der Waals surface area contributed by atoms with Gasteiger partial charge >= 0.3 is 7.60 Å². The minimum absolute atomic E-state index is 0.0946. The van der Waals surface area contributed by atoms with Crippen LogP contribution in [0.5, 0.6) is 11.5 Å². The normalized spacial score (nSPS) is 12.9. The number of oxazole rings is 1. The van der Waals surface area contributed by atoms with Crippen molar-refractivity contribution in [1.29, 1.82) is 0 Å². The number of hydrogen-bond acceptors (Lipinski definition) is 8. The Morgan fingerprint density at radius 3 is 2.50 bits per heavy atom.